The zero-order chi connectivity index (χ0) is 12.8. The van der Waals surface area contributed by atoms with E-state index in [1.807, 2.05) is 7.05 Å². The van der Waals surface area contributed by atoms with Crippen LogP contribution in [0.25, 0.3) is 0 Å². The Hall–Kier alpha value is -1.42. The number of carbonyl (C=O) groups is 1. The Morgan fingerprint density at radius 3 is 2.53 bits per heavy atom. The molecule has 1 N–H and O–H groups in total. The molecule has 1 atom stereocenters. The van der Waals surface area contributed by atoms with Crippen molar-refractivity contribution in [1.29, 1.82) is 0 Å². The topological polar surface area (TPSA) is 32.3 Å². The maximum Gasteiger partial charge on any atom is 0.216 e. The molecule has 0 spiro atoms. The van der Waals surface area contributed by atoms with Gasteiger partial charge in [-0.05, 0) is 31.7 Å². The molecule has 0 saturated heterocycles. The lowest BCUT2D eigenvalue weighted by atomic mass is 10.1. The summed E-state index contributed by atoms with van der Waals surface area (Å²) in [5.74, 6) is -0.241. The van der Waals surface area contributed by atoms with Crippen LogP contribution in [0.5, 0.6) is 0 Å². The summed E-state index contributed by atoms with van der Waals surface area (Å²) >= 11 is 0. The van der Waals surface area contributed by atoms with Crippen molar-refractivity contribution in [2.45, 2.75) is 19.9 Å². The molecule has 3 nitrogen and oxygen atoms in total. The molecule has 0 aliphatic carbocycles. The van der Waals surface area contributed by atoms with Gasteiger partial charge in [0.05, 0.1) is 0 Å². The first-order chi connectivity index (χ1) is 8.00. The SMILES string of the molecule is CC(=O)NCCN(C)[C@H](C)c1ccc(F)cc1. The number of benzene rings is 1. The van der Waals surface area contributed by atoms with Crippen molar-refractivity contribution >= 4 is 5.91 Å². The van der Waals surface area contributed by atoms with Crippen LogP contribution >= 0.6 is 0 Å². The molecule has 0 aliphatic heterocycles. The smallest absolute Gasteiger partial charge is 0.216 e. The van der Waals surface area contributed by atoms with Crippen molar-refractivity contribution in [2.75, 3.05) is 20.1 Å². The largest absolute Gasteiger partial charge is 0.355 e. The predicted octanol–water partition coefficient (Wildman–Crippen LogP) is 1.95. The molecule has 0 aliphatic rings. The van der Waals surface area contributed by atoms with Crippen LogP contribution in [0.4, 0.5) is 4.39 Å². The quantitative estimate of drug-likeness (QED) is 0.850. The van der Waals surface area contributed by atoms with E-state index in [-0.39, 0.29) is 17.8 Å². The Morgan fingerprint density at radius 2 is 2.00 bits per heavy atom. The van der Waals surface area contributed by atoms with Crippen LogP contribution in [0, 0.1) is 5.82 Å². The van der Waals surface area contributed by atoms with E-state index in [9.17, 15) is 9.18 Å². The number of nitrogens with zero attached hydrogens (tertiary/aromatic N) is 1. The van der Waals surface area contributed by atoms with Gasteiger partial charge in [0.2, 0.25) is 5.91 Å². The van der Waals surface area contributed by atoms with Gasteiger partial charge in [-0.2, -0.15) is 0 Å². The minimum Gasteiger partial charge on any atom is -0.355 e. The molecule has 1 aromatic carbocycles. The van der Waals surface area contributed by atoms with E-state index < -0.39 is 0 Å². The number of amides is 1. The van der Waals surface area contributed by atoms with Gasteiger partial charge in [0, 0.05) is 26.1 Å². The van der Waals surface area contributed by atoms with Crippen LogP contribution < -0.4 is 5.32 Å². The van der Waals surface area contributed by atoms with E-state index in [1.54, 1.807) is 12.1 Å². The van der Waals surface area contributed by atoms with Crippen LogP contribution in [0.15, 0.2) is 24.3 Å². The monoisotopic (exact) mass is 238 g/mol. The number of hydrogen-bond donors (Lipinski definition) is 1. The third-order valence-electron chi connectivity index (χ3n) is 2.85. The number of halogens is 1. The molecule has 94 valence electrons. The minimum absolute atomic E-state index is 0.0205. The van der Waals surface area contributed by atoms with E-state index in [2.05, 4.69) is 17.1 Å². The first-order valence-electron chi connectivity index (χ1n) is 5.71. The summed E-state index contributed by atoms with van der Waals surface area (Å²) in [5, 5.41) is 2.75. The first kappa shape index (κ1) is 13.6. The van der Waals surface area contributed by atoms with Gasteiger partial charge in [-0.25, -0.2) is 4.39 Å². The lowest BCUT2D eigenvalue weighted by Crippen LogP contribution is -2.33. The number of rotatable bonds is 5. The summed E-state index contributed by atoms with van der Waals surface area (Å²) in [6, 6.07) is 6.70. The predicted molar refractivity (Wildman–Crippen MR) is 66.1 cm³/mol. The van der Waals surface area contributed by atoms with Crippen LogP contribution in [0.3, 0.4) is 0 Å². The summed E-state index contributed by atoms with van der Waals surface area (Å²) in [6.07, 6.45) is 0. The van der Waals surface area contributed by atoms with Crippen molar-refractivity contribution < 1.29 is 9.18 Å². The maximum absolute atomic E-state index is 12.8. The van der Waals surface area contributed by atoms with E-state index >= 15 is 0 Å². The number of nitrogens with one attached hydrogen (secondary N) is 1. The van der Waals surface area contributed by atoms with E-state index in [0.29, 0.717) is 6.54 Å². The Labute approximate surface area is 102 Å². The molecule has 4 heteroatoms. The van der Waals surface area contributed by atoms with Crippen LogP contribution in [-0.4, -0.2) is 30.9 Å². The van der Waals surface area contributed by atoms with Crippen molar-refractivity contribution in [1.82, 2.24) is 10.2 Å². The lowest BCUT2D eigenvalue weighted by molar-refractivity contribution is -0.119. The van der Waals surface area contributed by atoms with Gasteiger partial charge in [0.15, 0.2) is 0 Å². The summed E-state index contributed by atoms with van der Waals surface area (Å²) in [7, 11) is 1.98. The molecule has 0 aromatic heterocycles. The fourth-order valence-corrected chi connectivity index (χ4v) is 1.60. The average molecular weight is 238 g/mol. The maximum atomic E-state index is 12.8. The van der Waals surface area contributed by atoms with Gasteiger partial charge in [-0.3, -0.25) is 9.69 Å². The normalized spacial score (nSPS) is 12.5. The summed E-state index contributed by atoms with van der Waals surface area (Å²) in [4.78, 5) is 12.8. The van der Waals surface area contributed by atoms with Crippen molar-refractivity contribution in [3.63, 3.8) is 0 Å². The second-order valence-corrected chi connectivity index (χ2v) is 4.19. The number of hydrogen-bond acceptors (Lipinski definition) is 2. The highest BCUT2D eigenvalue weighted by Crippen LogP contribution is 2.18. The van der Waals surface area contributed by atoms with Gasteiger partial charge in [-0.15, -0.1) is 0 Å². The Morgan fingerprint density at radius 1 is 1.41 bits per heavy atom. The van der Waals surface area contributed by atoms with Crippen LogP contribution in [0.1, 0.15) is 25.5 Å². The molecule has 0 fully saturated rings. The standard InChI is InChI=1S/C13H19FN2O/c1-10(12-4-6-13(14)7-5-12)16(3)9-8-15-11(2)17/h4-7,10H,8-9H2,1-3H3,(H,15,17)/t10-/m1/s1. The van der Waals surface area contributed by atoms with Gasteiger partial charge in [-0.1, -0.05) is 12.1 Å². The molecule has 0 radical (unpaired) electrons. The van der Waals surface area contributed by atoms with Gasteiger partial charge >= 0.3 is 0 Å². The molecule has 0 saturated carbocycles. The Bertz CT molecular complexity index is 364. The Kier molecular flexibility index (Phi) is 5.10. The zero-order valence-electron chi connectivity index (χ0n) is 10.5. The molecule has 0 bridgehead atoms. The summed E-state index contributed by atoms with van der Waals surface area (Å²) in [5.41, 5.74) is 1.07. The van der Waals surface area contributed by atoms with Crippen LogP contribution in [0.2, 0.25) is 0 Å². The highest BCUT2D eigenvalue weighted by molar-refractivity contribution is 5.72. The molecule has 0 unspecified atom stereocenters. The van der Waals surface area contributed by atoms with Gasteiger partial charge < -0.3 is 5.32 Å². The van der Waals surface area contributed by atoms with Crippen molar-refractivity contribution in [3.8, 4) is 0 Å². The fourth-order valence-electron chi connectivity index (χ4n) is 1.60. The molecular weight excluding hydrogens is 219 g/mol. The second kappa shape index (κ2) is 6.35. The van der Waals surface area contributed by atoms with Gasteiger partial charge in [0.1, 0.15) is 5.82 Å². The highest BCUT2D eigenvalue weighted by atomic mass is 19.1. The zero-order valence-corrected chi connectivity index (χ0v) is 10.5. The molecule has 0 heterocycles. The molecule has 1 rings (SSSR count). The number of likely N-dealkylation sites (N-methyl/N-ethyl adjacent to an activating group) is 1. The average Bonchev–Trinajstić information content (AvgIpc) is 2.28. The Balaban J connectivity index is 2.48. The molecule has 17 heavy (non-hydrogen) atoms. The van der Waals surface area contributed by atoms with Crippen molar-refractivity contribution in [2.24, 2.45) is 0 Å². The summed E-state index contributed by atoms with van der Waals surface area (Å²) in [6.45, 7) is 4.94. The first-order valence-corrected chi connectivity index (χ1v) is 5.71. The molecule has 1 amide bonds. The van der Waals surface area contributed by atoms with Gasteiger partial charge in [0.25, 0.3) is 0 Å². The van der Waals surface area contributed by atoms with E-state index in [0.717, 1.165) is 12.1 Å². The fraction of sp³-hybridized carbons (Fsp3) is 0.462. The third-order valence-corrected chi connectivity index (χ3v) is 2.85. The molecular formula is C13H19FN2O. The van der Waals surface area contributed by atoms with E-state index in [4.69, 9.17) is 0 Å². The highest BCUT2D eigenvalue weighted by Gasteiger charge is 2.11. The second-order valence-electron chi connectivity index (χ2n) is 4.19. The molecule has 1 aromatic rings. The van der Waals surface area contributed by atoms with Crippen molar-refractivity contribution in [3.05, 3.63) is 35.6 Å². The summed E-state index contributed by atoms with van der Waals surface area (Å²) < 4.78 is 12.8. The number of carbonyl (C=O) groups excluding carboxylic acids is 1. The van der Waals surface area contributed by atoms with Crippen LogP contribution in [-0.2, 0) is 4.79 Å². The minimum atomic E-state index is -0.221. The van der Waals surface area contributed by atoms with E-state index in [1.165, 1.54) is 19.1 Å². The lowest BCUT2D eigenvalue weighted by Gasteiger charge is -2.25. The third kappa shape index (κ3) is 4.53.